The van der Waals surface area contributed by atoms with Gasteiger partial charge >= 0.3 is 0 Å². The molecule has 2 aromatic carbocycles. The fraction of sp³-hybridized carbons (Fsp3) is 0.250. The summed E-state index contributed by atoms with van der Waals surface area (Å²) >= 11 is 11.0. The molecule has 0 aliphatic carbocycles. The number of hydrogen-bond donors (Lipinski definition) is 1. The molecule has 0 fully saturated rings. The van der Waals surface area contributed by atoms with E-state index >= 15 is 0 Å². The first-order valence-electron chi connectivity index (χ1n) is 6.58. The van der Waals surface area contributed by atoms with Crippen LogP contribution in [0.4, 0.5) is 4.39 Å². The third-order valence-corrected chi connectivity index (χ3v) is 5.09. The third-order valence-electron chi connectivity index (χ3n) is 3.15. The van der Waals surface area contributed by atoms with Crippen LogP contribution in [0.3, 0.4) is 0 Å². The summed E-state index contributed by atoms with van der Waals surface area (Å²) in [6.07, 6.45) is 0.615. The van der Waals surface area contributed by atoms with Crippen LogP contribution in [0.25, 0.3) is 0 Å². The summed E-state index contributed by atoms with van der Waals surface area (Å²) in [4.78, 5) is 1.19. The summed E-state index contributed by atoms with van der Waals surface area (Å²) in [5.74, 6) is 0.547. The highest BCUT2D eigenvalue weighted by Crippen LogP contribution is 2.24. The van der Waals surface area contributed by atoms with E-state index in [0.29, 0.717) is 12.0 Å². The van der Waals surface area contributed by atoms with Crippen molar-refractivity contribution in [3.05, 3.63) is 63.3 Å². The molecule has 2 rings (SSSR count). The quantitative estimate of drug-likeness (QED) is 0.686. The van der Waals surface area contributed by atoms with Gasteiger partial charge in [0.25, 0.3) is 0 Å². The maximum absolute atomic E-state index is 13.9. The second-order valence-electron chi connectivity index (χ2n) is 4.67. The maximum Gasteiger partial charge on any atom is 0.145 e. The number of benzene rings is 2. The molecule has 1 nitrogen and oxygen atoms in total. The fourth-order valence-electron chi connectivity index (χ4n) is 1.97. The number of likely N-dealkylation sites (N-methyl/N-ethyl adjacent to an activating group) is 1. The largest absolute Gasteiger partial charge is 0.316 e. The Bertz CT molecular complexity index is 609. The van der Waals surface area contributed by atoms with Gasteiger partial charge in [-0.15, -0.1) is 11.8 Å². The second kappa shape index (κ2) is 8.18. The molecule has 0 heterocycles. The molecule has 0 saturated carbocycles. The Morgan fingerprint density at radius 2 is 2.05 bits per heavy atom. The lowest BCUT2D eigenvalue weighted by Gasteiger charge is -2.16. The van der Waals surface area contributed by atoms with Crippen LogP contribution >= 0.6 is 39.3 Å². The molecule has 0 saturated heterocycles. The van der Waals surface area contributed by atoms with Gasteiger partial charge in [-0.25, -0.2) is 4.39 Å². The molecule has 0 aromatic heterocycles. The van der Waals surface area contributed by atoms with Gasteiger partial charge < -0.3 is 5.32 Å². The van der Waals surface area contributed by atoms with E-state index in [9.17, 15) is 4.39 Å². The van der Waals surface area contributed by atoms with Crippen molar-refractivity contribution in [2.75, 3.05) is 12.8 Å². The minimum Gasteiger partial charge on any atom is -0.316 e. The van der Waals surface area contributed by atoms with Gasteiger partial charge in [0.15, 0.2) is 0 Å². The number of hydrogen-bond acceptors (Lipinski definition) is 2. The van der Waals surface area contributed by atoms with E-state index in [2.05, 4.69) is 33.4 Å². The molecule has 0 amide bonds. The van der Waals surface area contributed by atoms with Crippen molar-refractivity contribution in [1.82, 2.24) is 5.32 Å². The molecule has 5 heteroatoms. The van der Waals surface area contributed by atoms with Crippen molar-refractivity contribution in [3.63, 3.8) is 0 Å². The minimum absolute atomic E-state index is 0.182. The summed E-state index contributed by atoms with van der Waals surface area (Å²) < 4.78 is 15.0. The normalized spacial score (nSPS) is 12.4. The molecule has 0 bridgehead atoms. The molecule has 1 atom stereocenters. The van der Waals surface area contributed by atoms with Crippen molar-refractivity contribution >= 4 is 39.3 Å². The van der Waals surface area contributed by atoms with Crippen molar-refractivity contribution in [1.29, 1.82) is 0 Å². The first-order valence-corrected chi connectivity index (χ1v) is 8.74. The highest BCUT2D eigenvalue weighted by atomic mass is 79.9. The van der Waals surface area contributed by atoms with E-state index in [1.165, 1.54) is 4.90 Å². The molecular weight excluding hydrogens is 373 g/mol. The Morgan fingerprint density at radius 1 is 1.29 bits per heavy atom. The first-order chi connectivity index (χ1) is 10.1. The summed E-state index contributed by atoms with van der Waals surface area (Å²) in [5, 5.41) is 3.42. The minimum atomic E-state index is -0.313. The zero-order valence-electron chi connectivity index (χ0n) is 11.6. The van der Waals surface area contributed by atoms with Crippen LogP contribution in [0.1, 0.15) is 5.56 Å². The van der Waals surface area contributed by atoms with Crippen LogP contribution in [0.5, 0.6) is 0 Å². The molecule has 0 aliphatic rings. The molecular formula is C16H16BrClFNS. The van der Waals surface area contributed by atoms with Crippen molar-refractivity contribution in [2.45, 2.75) is 17.4 Å². The standard InChI is InChI=1S/C16H16BrClFNS/c1-20-13(8-11-4-2-7-15(18)16(11)19)10-21-14-6-3-5-12(17)9-14/h2-7,9,13,20H,8,10H2,1H3. The molecule has 1 N–H and O–H groups in total. The van der Waals surface area contributed by atoms with Gasteiger partial charge in [-0.1, -0.05) is 45.7 Å². The number of halogens is 3. The monoisotopic (exact) mass is 387 g/mol. The van der Waals surface area contributed by atoms with Crippen molar-refractivity contribution in [2.24, 2.45) is 0 Å². The van der Waals surface area contributed by atoms with Gasteiger partial charge in [0, 0.05) is 21.2 Å². The SMILES string of the molecule is CNC(CSc1cccc(Br)c1)Cc1cccc(Cl)c1F. The van der Waals surface area contributed by atoms with E-state index < -0.39 is 0 Å². The van der Waals surface area contributed by atoms with Gasteiger partial charge in [0.1, 0.15) is 5.82 Å². The summed E-state index contributed by atoms with van der Waals surface area (Å²) in [7, 11) is 1.90. The fourth-order valence-corrected chi connectivity index (χ4v) is 3.78. The Morgan fingerprint density at radius 3 is 2.76 bits per heavy atom. The molecule has 0 spiro atoms. The third kappa shape index (κ3) is 4.99. The van der Waals surface area contributed by atoms with Crippen LogP contribution in [-0.2, 0) is 6.42 Å². The average molecular weight is 389 g/mol. The van der Waals surface area contributed by atoms with E-state index in [1.807, 2.05) is 19.2 Å². The van der Waals surface area contributed by atoms with Crippen molar-refractivity contribution < 1.29 is 4.39 Å². The lowest BCUT2D eigenvalue weighted by atomic mass is 10.1. The predicted molar refractivity (Wildman–Crippen MR) is 92.8 cm³/mol. The van der Waals surface area contributed by atoms with Gasteiger partial charge in [-0.3, -0.25) is 0 Å². The predicted octanol–water partition coefficient (Wildman–Crippen LogP) is 5.16. The Kier molecular flexibility index (Phi) is 6.55. The summed E-state index contributed by atoms with van der Waals surface area (Å²) in [6, 6.07) is 13.5. The number of thioether (sulfide) groups is 1. The van der Waals surface area contributed by atoms with Gasteiger partial charge in [-0.2, -0.15) is 0 Å². The van der Waals surface area contributed by atoms with E-state index in [0.717, 1.165) is 10.2 Å². The van der Waals surface area contributed by atoms with E-state index in [4.69, 9.17) is 11.6 Å². The van der Waals surface area contributed by atoms with Crippen LogP contribution in [0, 0.1) is 5.82 Å². The van der Waals surface area contributed by atoms with Crippen molar-refractivity contribution in [3.8, 4) is 0 Å². The Balaban J connectivity index is 1.99. The Labute approximate surface area is 142 Å². The van der Waals surface area contributed by atoms with Gasteiger partial charge in [-0.05, 0) is 43.3 Å². The zero-order valence-corrected chi connectivity index (χ0v) is 14.7. The Hall–Kier alpha value is -0.550. The van der Waals surface area contributed by atoms with E-state index in [-0.39, 0.29) is 16.9 Å². The van der Waals surface area contributed by atoms with Gasteiger partial charge in [0.05, 0.1) is 5.02 Å². The first kappa shape index (κ1) is 16.8. The van der Waals surface area contributed by atoms with Crippen LogP contribution < -0.4 is 5.32 Å². The molecule has 0 aliphatic heterocycles. The molecule has 1 unspecified atom stereocenters. The molecule has 21 heavy (non-hydrogen) atoms. The maximum atomic E-state index is 13.9. The number of rotatable bonds is 6. The summed E-state index contributed by atoms with van der Waals surface area (Å²) in [5.41, 5.74) is 0.650. The average Bonchev–Trinajstić information content (AvgIpc) is 2.48. The lowest BCUT2D eigenvalue weighted by Crippen LogP contribution is -2.30. The molecule has 0 radical (unpaired) electrons. The summed E-state index contributed by atoms with van der Waals surface area (Å²) in [6.45, 7) is 0. The highest BCUT2D eigenvalue weighted by Gasteiger charge is 2.13. The zero-order chi connectivity index (χ0) is 15.2. The van der Waals surface area contributed by atoms with Crippen LogP contribution in [0.2, 0.25) is 5.02 Å². The van der Waals surface area contributed by atoms with Crippen LogP contribution in [-0.4, -0.2) is 18.8 Å². The van der Waals surface area contributed by atoms with Crippen LogP contribution in [0.15, 0.2) is 51.8 Å². The molecule has 2 aromatic rings. The number of nitrogens with one attached hydrogen (secondary N) is 1. The highest BCUT2D eigenvalue weighted by molar-refractivity contribution is 9.10. The smallest absolute Gasteiger partial charge is 0.145 e. The van der Waals surface area contributed by atoms with Gasteiger partial charge in [0.2, 0.25) is 0 Å². The second-order valence-corrected chi connectivity index (χ2v) is 7.09. The molecule has 112 valence electrons. The lowest BCUT2D eigenvalue weighted by molar-refractivity contribution is 0.568. The van der Waals surface area contributed by atoms with E-state index in [1.54, 1.807) is 30.0 Å². The topological polar surface area (TPSA) is 12.0 Å².